The SMILES string of the molecule is CC/C=C\C/C=C\C/C=C\C/C=C\CCCCCCCCCCCCCCCCCCCCCCCCCCC(=O)NC(COC1OC(CO)C(OC2OC(CO)C(O)C(O)C2O)C(O)C1O)C(O)/C=C/CC/C=C/CC/C=C/CCCC. The molecule has 0 aromatic rings. The molecule has 2 rings (SSSR count). The van der Waals surface area contributed by atoms with Gasteiger partial charge in [0, 0.05) is 6.42 Å². The Hall–Kier alpha value is -2.83. The molecule has 2 saturated heterocycles. The molecule has 14 nitrogen and oxygen atoms in total. The van der Waals surface area contributed by atoms with Crippen molar-refractivity contribution in [3.8, 4) is 0 Å². The Labute approximate surface area is 503 Å². The Balaban J connectivity index is 1.57. The summed E-state index contributed by atoms with van der Waals surface area (Å²) in [7, 11) is 0. The fraction of sp³-hybridized carbons (Fsp3) is 0.783. The first-order valence-corrected chi connectivity index (χ1v) is 33.3. The first-order chi connectivity index (χ1) is 40.6. The third-order valence-corrected chi connectivity index (χ3v) is 15.8. The van der Waals surface area contributed by atoms with Crippen LogP contribution >= 0.6 is 0 Å². The highest BCUT2D eigenvalue weighted by Gasteiger charge is 2.51. The van der Waals surface area contributed by atoms with Gasteiger partial charge in [0.2, 0.25) is 5.91 Å². The van der Waals surface area contributed by atoms with E-state index in [0.29, 0.717) is 12.8 Å². The van der Waals surface area contributed by atoms with E-state index in [0.717, 1.165) is 70.6 Å². The van der Waals surface area contributed by atoms with E-state index < -0.39 is 86.8 Å². The molecule has 9 N–H and O–H groups in total. The average Bonchev–Trinajstić information content (AvgIpc) is 3.58. The molecule has 2 aliphatic rings. The van der Waals surface area contributed by atoms with Gasteiger partial charge in [-0.3, -0.25) is 4.79 Å². The van der Waals surface area contributed by atoms with Crippen molar-refractivity contribution in [1.82, 2.24) is 5.32 Å². The van der Waals surface area contributed by atoms with Gasteiger partial charge in [-0.15, -0.1) is 0 Å². The summed E-state index contributed by atoms with van der Waals surface area (Å²) < 4.78 is 22.7. The topological polar surface area (TPSA) is 228 Å². The Bertz CT molecular complexity index is 1710. The number of hydrogen-bond acceptors (Lipinski definition) is 13. The Morgan fingerprint density at radius 1 is 0.446 bits per heavy atom. The fourth-order valence-corrected chi connectivity index (χ4v) is 10.5. The van der Waals surface area contributed by atoms with E-state index >= 15 is 0 Å². The van der Waals surface area contributed by atoms with Gasteiger partial charge in [0.1, 0.15) is 48.8 Å². The second-order valence-electron chi connectivity index (χ2n) is 23.2. The molecular formula is C69H121NO13. The molecule has 83 heavy (non-hydrogen) atoms. The van der Waals surface area contributed by atoms with Crippen LogP contribution in [0.2, 0.25) is 0 Å². The van der Waals surface area contributed by atoms with Gasteiger partial charge in [0.05, 0.1) is 32.0 Å². The second kappa shape index (κ2) is 53.4. The number of nitrogens with one attached hydrogen (secondary N) is 1. The summed E-state index contributed by atoms with van der Waals surface area (Å²) in [6, 6.07) is -0.938. The molecule has 2 aliphatic heterocycles. The minimum Gasteiger partial charge on any atom is -0.394 e. The molecule has 1 amide bonds. The minimum atomic E-state index is -1.79. The summed E-state index contributed by atoms with van der Waals surface area (Å²) in [5.41, 5.74) is 0. The molecule has 14 heteroatoms. The van der Waals surface area contributed by atoms with Crippen LogP contribution in [0.4, 0.5) is 0 Å². The maximum absolute atomic E-state index is 13.3. The zero-order chi connectivity index (χ0) is 60.2. The fourth-order valence-electron chi connectivity index (χ4n) is 10.5. The summed E-state index contributed by atoms with van der Waals surface area (Å²) in [6.45, 7) is 2.61. The predicted octanol–water partition coefficient (Wildman–Crippen LogP) is 12.8. The molecule has 0 aliphatic carbocycles. The van der Waals surface area contributed by atoms with E-state index in [-0.39, 0.29) is 18.9 Å². The van der Waals surface area contributed by atoms with Crippen molar-refractivity contribution in [3.63, 3.8) is 0 Å². The van der Waals surface area contributed by atoms with Gasteiger partial charge >= 0.3 is 0 Å². The van der Waals surface area contributed by atoms with Crippen LogP contribution in [-0.2, 0) is 23.7 Å². The molecule has 0 spiro atoms. The van der Waals surface area contributed by atoms with Gasteiger partial charge in [0.15, 0.2) is 12.6 Å². The summed E-state index contributed by atoms with van der Waals surface area (Å²) in [5.74, 6) is -0.253. The molecular weight excluding hydrogens is 1050 g/mol. The Kier molecular flexibility index (Phi) is 49.1. The van der Waals surface area contributed by atoms with Crippen LogP contribution in [0.5, 0.6) is 0 Å². The van der Waals surface area contributed by atoms with Gasteiger partial charge in [-0.1, -0.05) is 253 Å². The summed E-state index contributed by atoms with van der Waals surface area (Å²) in [6.07, 6.45) is 56.7. The molecule has 12 unspecified atom stereocenters. The van der Waals surface area contributed by atoms with E-state index in [2.05, 4.69) is 92.1 Å². The molecule has 0 bridgehead atoms. The molecule has 12 atom stereocenters. The maximum atomic E-state index is 13.3. The zero-order valence-corrected chi connectivity index (χ0v) is 51.9. The van der Waals surface area contributed by atoms with E-state index in [4.69, 9.17) is 18.9 Å². The number of carbonyl (C=O) groups excluding carboxylic acids is 1. The molecule has 0 aromatic carbocycles. The highest BCUT2D eigenvalue weighted by atomic mass is 16.7. The monoisotopic (exact) mass is 1170 g/mol. The van der Waals surface area contributed by atoms with E-state index in [9.17, 15) is 45.6 Å². The van der Waals surface area contributed by atoms with Crippen LogP contribution < -0.4 is 5.32 Å². The standard InChI is InChI=1S/C69H121NO13/c1-3-5-7-9-11-13-15-17-18-19-20-21-22-23-24-25-26-27-28-29-30-31-32-33-34-35-36-37-38-39-40-41-43-45-47-49-51-53-61(74)70-57(58(73)52-50-48-46-44-42-16-14-12-10-8-6-4-2)56-80-68-66(79)64(77)67(60(55-72)82-68)83-69-65(78)63(76)62(75)59(54-71)81-69/h5,7,10-13,17-18,20-21,42,44,50,52,57-60,62-69,71-73,75-79H,3-4,6,8-9,14-16,19,22-41,43,45-49,51,53-56H2,1-2H3,(H,70,74)/b7-5-,12-10+,13-11-,18-17-,21-20-,44-42+,52-50+. The first kappa shape index (κ1) is 76.3. The van der Waals surface area contributed by atoms with Gasteiger partial charge in [0.25, 0.3) is 0 Å². The van der Waals surface area contributed by atoms with Crippen molar-refractivity contribution in [1.29, 1.82) is 0 Å². The lowest BCUT2D eigenvalue weighted by molar-refractivity contribution is -0.359. The molecule has 0 saturated carbocycles. The number of ether oxygens (including phenoxy) is 4. The lowest BCUT2D eigenvalue weighted by Gasteiger charge is -2.46. The number of rotatable bonds is 53. The summed E-state index contributed by atoms with van der Waals surface area (Å²) in [4.78, 5) is 13.3. The smallest absolute Gasteiger partial charge is 0.220 e. The number of amides is 1. The number of carbonyl (C=O) groups is 1. The molecule has 2 heterocycles. The van der Waals surface area contributed by atoms with Crippen molar-refractivity contribution in [3.05, 3.63) is 85.1 Å². The van der Waals surface area contributed by atoms with E-state index in [1.807, 2.05) is 6.08 Å². The van der Waals surface area contributed by atoms with Crippen LogP contribution in [0.1, 0.15) is 251 Å². The van der Waals surface area contributed by atoms with Crippen LogP contribution in [0, 0.1) is 0 Å². The number of aliphatic hydroxyl groups excluding tert-OH is 8. The molecule has 2 fully saturated rings. The maximum Gasteiger partial charge on any atom is 0.220 e. The van der Waals surface area contributed by atoms with Crippen LogP contribution in [-0.4, -0.2) is 140 Å². The molecule has 0 aromatic heterocycles. The van der Waals surface area contributed by atoms with Gasteiger partial charge in [-0.2, -0.15) is 0 Å². The van der Waals surface area contributed by atoms with E-state index in [1.54, 1.807) is 6.08 Å². The van der Waals surface area contributed by atoms with Gasteiger partial charge < -0.3 is 65.1 Å². The van der Waals surface area contributed by atoms with Crippen molar-refractivity contribution in [2.45, 2.75) is 325 Å². The number of hydrogen-bond donors (Lipinski definition) is 9. The van der Waals surface area contributed by atoms with Crippen molar-refractivity contribution in [2.24, 2.45) is 0 Å². The largest absolute Gasteiger partial charge is 0.394 e. The minimum absolute atomic E-state index is 0.253. The quantitative estimate of drug-likeness (QED) is 0.0204. The summed E-state index contributed by atoms with van der Waals surface area (Å²) in [5, 5.41) is 87.0. The highest BCUT2D eigenvalue weighted by Crippen LogP contribution is 2.30. The van der Waals surface area contributed by atoms with Crippen molar-refractivity contribution < 1.29 is 64.6 Å². The highest BCUT2D eigenvalue weighted by molar-refractivity contribution is 5.76. The third-order valence-electron chi connectivity index (χ3n) is 15.8. The Morgan fingerprint density at radius 3 is 1.33 bits per heavy atom. The normalized spacial score (nSPS) is 24.4. The zero-order valence-electron chi connectivity index (χ0n) is 51.9. The lowest BCUT2D eigenvalue weighted by atomic mass is 9.97. The van der Waals surface area contributed by atoms with Gasteiger partial charge in [-0.25, -0.2) is 0 Å². The first-order valence-electron chi connectivity index (χ1n) is 33.3. The Morgan fingerprint density at radius 2 is 0.843 bits per heavy atom. The van der Waals surface area contributed by atoms with Crippen molar-refractivity contribution >= 4 is 5.91 Å². The number of allylic oxidation sites excluding steroid dienone is 13. The predicted molar refractivity (Wildman–Crippen MR) is 336 cm³/mol. The van der Waals surface area contributed by atoms with Crippen LogP contribution in [0.3, 0.4) is 0 Å². The van der Waals surface area contributed by atoms with Gasteiger partial charge in [-0.05, 0) is 77.0 Å². The van der Waals surface area contributed by atoms with Crippen molar-refractivity contribution in [2.75, 3.05) is 19.8 Å². The number of aliphatic hydroxyl groups is 8. The second-order valence-corrected chi connectivity index (χ2v) is 23.2. The average molecular weight is 1170 g/mol. The van der Waals surface area contributed by atoms with E-state index in [1.165, 1.54) is 148 Å². The molecule has 480 valence electrons. The third kappa shape index (κ3) is 38.1. The summed E-state index contributed by atoms with van der Waals surface area (Å²) >= 11 is 0. The molecule has 0 radical (unpaired) electrons. The van der Waals surface area contributed by atoms with Crippen LogP contribution in [0.25, 0.3) is 0 Å². The van der Waals surface area contributed by atoms with Crippen LogP contribution in [0.15, 0.2) is 85.1 Å². The lowest BCUT2D eigenvalue weighted by Crippen LogP contribution is -2.65. The number of unbranched alkanes of at least 4 members (excludes halogenated alkanes) is 28.